The van der Waals surface area contributed by atoms with Crippen molar-refractivity contribution in [3.05, 3.63) is 109 Å². The lowest BCUT2D eigenvalue weighted by atomic mass is 9.32. The van der Waals surface area contributed by atoms with Gasteiger partial charge in [0.15, 0.2) is 17.5 Å². The van der Waals surface area contributed by atoms with Gasteiger partial charge in [-0.15, -0.1) is 0 Å². The number of hydrogen-bond donors (Lipinski definition) is 0. The molecule has 0 saturated heterocycles. The fourth-order valence-electron chi connectivity index (χ4n) is 11.0. The standard InChI is InChI=1S/C40H36N4/c1-3-8-25(9-4-1)37-42-38(26-10-5-2-6-11-26)44-39(43-37)29-17-28(27-12-7-13-41-23-27)18-30(19-29)40-20-34-31-14-24-15-32(34)36(22-40)33(16-24)35(31)21-40/h1-13,17-19,23-24,31-36H,14-16,20-22H2. The number of nitrogens with zero attached hydrogens (tertiary/aromatic N) is 4. The van der Waals surface area contributed by atoms with Gasteiger partial charge in [-0.05, 0) is 115 Å². The highest BCUT2D eigenvalue weighted by Crippen LogP contribution is 2.74. The van der Waals surface area contributed by atoms with Gasteiger partial charge >= 0.3 is 0 Å². The maximum atomic E-state index is 5.15. The summed E-state index contributed by atoms with van der Waals surface area (Å²) in [6.07, 6.45) is 12.5. The van der Waals surface area contributed by atoms with Crippen LogP contribution in [0.4, 0.5) is 0 Å². The van der Waals surface area contributed by atoms with Gasteiger partial charge in [0.2, 0.25) is 0 Å². The van der Waals surface area contributed by atoms with Gasteiger partial charge in [-0.3, -0.25) is 4.98 Å². The second kappa shape index (κ2) is 9.41. The van der Waals surface area contributed by atoms with E-state index in [-0.39, 0.29) is 5.41 Å². The Morgan fingerprint density at radius 2 is 0.977 bits per heavy atom. The Morgan fingerprint density at radius 3 is 1.50 bits per heavy atom. The molecule has 4 heteroatoms. The second-order valence-corrected chi connectivity index (χ2v) is 14.5. The topological polar surface area (TPSA) is 51.6 Å². The first-order valence-electron chi connectivity index (χ1n) is 16.6. The van der Waals surface area contributed by atoms with E-state index in [4.69, 9.17) is 15.0 Å². The Bertz CT molecular complexity index is 1750. The lowest BCUT2D eigenvalue weighted by Crippen LogP contribution is -2.66. The van der Waals surface area contributed by atoms with Crippen LogP contribution in [0.25, 0.3) is 45.3 Å². The van der Waals surface area contributed by atoms with Crippen LogP contribution >= 0.6 is 0 Å². The van der Waals surface area contributed by atoms with Crippen LogP contribution in [0.2, 0.25) is 0 Å². The maximum absolute atomic E-state index is 5.15. The third-order valence-corrected chi connectivity index (χ3v) is 12.5. The summed E-state index contributed by atoms with van der Waals surface area (Å²) >= 11 is 0. The molecule has 7 aliphatic rings. The van der Waals surface area contributed by atoms with Crippen molar-refractivity contribution in [2.45, 2.75) is 43.9 Å². The highest BCUT2D eigenvalue weighted by Gasteiger charge is 2.67. The SMILES string of the molecule is c1ccc(-c2nc(-c3ccccc3)nc(-c3cc(-c4cccnc4)cc(C45CC6C7CC8CC6C(C4)C(C8)C7C5)c3)n2)cc1. The summed E-state index contributed by atoms with van der Waals surface area (Å²) in [4.78, 5) is 19.8. The largest absolute Gasteiger partial charge is 0.264 e. The molecule has 7 fully saturated rings. The smallest absolute Gasteiger partial charge is 0.164 e. The van der Waals surface area contributed by atoms with Crippen molar-refractivity contribution in [1.29, 1.82) is 0 Å². The average molecular weight is 573 g/mol. The molecule has 8 bridgehead atoms. The average Bonchev–Trinajstić information content (AvgIpc) is 3.11. The normalized spacial score (nSPS) is 32.3. The zero-order valence-electron chi connectivity index (χ0n) is 24.9. The molecule has 0 atom stereocenters. The van der Waals surface area contributed by atoms with E-state index >= 15 is 0 Å². The van der Waals surface area contributed by atoms with Crippen LogP contribution in [-0.4, -0.2) is 19.9 Å². The Balaban J connectivity index is 1.15. The molecule has 5 aromatic rings. The van der Waals surface area contributed by atoms with Gasteiger partial charge in [-0.2, -0.15) is 0 Å². The third-order valence-electron chi connectivity index (χ3n) is 12.5. The molecular weight excluding hydrogens is 536 g/mol. The molecule has 2 heterocycles. The van der Waals surface area contributed by atoms with Crippen LogP contribution in [0.3, 0.4) is 0 Å². The van der Waals surface area contributed by atoms with Crippen LogP contribution in [0.1, 0.15) is 44.1 Å². The van der Waals surface area contributed by atoms with Gasteiger partial charge in [-0.1, -0.05) is 72.8 Å². The fraction of sp³-hybridized carbons (Fsp3) is 0.350. The predicted octanol–water partition coefficient (Wildman–Crippen LogP) is 8.89. The van der Waals surface area contributed by atoms with E-state index in [0.717, 1.165) is 69.5 Å². The molecule has 12 rings (SSSR count). The van der Waals surface area contributed by atoms with Gasteiger partial charge < -0.3 is 0 Å². The summed E-state index contributed by atoms with van der Waals surface area (Å²) in [6, 6.07) is 32.1. The highest BCUT2D eigenvalue weighted by atomic mass is 15.0. The molecule has 7 saturated carbocycles. The molecule has 0 radical (unpaired) electrons. The zero-order valence-corrected chi connectivity index (χ0v) is 24.9. The van der Waals surface area contributed by atoms with E-state index in [0.29, 0.717) is 11.6 Å². The van der Waals surface area contributed by atoms with Crippen LogP contribution < -0.4 is 0 Å². The van der Waals surface area contributed by atoms with Gasteiger partial charge in [0.05, 0.1) is 0 Å². The van der Waals surface area contributed by atoms with E-state index in [1.54, 1.807) is 0 Å². The zero-order chi connectivity index (χ0) is 28.8. The van der Waals surface area contributed by atoms with Crippen molar-refractivity contribution in [1.82, 2.24) is 19.9 Å². The lowest BCUT2D eigenvalue weighted by Gasteiger charge is -2.72. The molecule has 4 nitrogen and oxygen atoms in total. The van der Waals surface area contributed by atoms with Crippen molar-refractivity contribution in [2.75, 3.05) is 0 Å². The van der Waals surface area contributed by atoms with Gasteiger partial charge in [0.25, 0.3) is 0 Å². The minimum absolute atomic E-state index is 0.262. The van der Waals surface area contributed by atoms with Crippen molar-refractivity contribution in [3.63, 3.8) is 0 Å². The minimum Gasteiger partial charge on any atom is -0.264 e. The van der Waals surface area contributed by atoms with Crippen molar-refractivity contribution in [3.8, 4) is 45.3 Å². The number of pyridine rings is 1. The molecule has 7 aliphatic carbocycles. The minimum atomic E-state index is 0.262. The predicted molar refractivity (Wildman–Crippen MR) is 173 cm³/mol. The second-order valence-electron chi connectivity index (χ2n) is 14.5. The summed E-state index contributed by atoms with van der Waals surface area (Å²) in [5.74, 6) is 8.97. The Kier molecular flexibility index (Phi) is 5.38. The summed E-state index contributed by atoms with van der Waals surface area (Å²) in [7, 11) is 0. The number of benzene rings is 3. The summed E-state index contributed by atoms with van der Waals surface area (Å²) in [6.45, 7) is 0. The molecular formula is C40H36N4. The van der Waals surface area contributed by atoms with Crippen molar-refractivity contribution >= 4 is 0 Å². The van der Waals surface area contributed by atoms with Crippen LogP contribution in [0.15, 0.2) is 103 Å². The Hall–Kier alpha value is -4.18. The Labute approximate surface area is 259 Å². The first-order chi connectivity index (χ1) is 21.7. The first kappa shape index (κ1) is 25.2. The van der Waals surface area contributed by atoms with E-state index in [9.17, 15) is 0 Å². The summed E-state index contributed by atoms with van der Waals surface area (Å²) in [5.41, 5.74) is 7.22. The molecule has 0 unspecified atom stereocenters. The molecule has 0 N–H and O–H groups in total. The molecule has 0 spiro atoms. The van der Waals surface area contributed by atoms with Gasteiger partial charge in [0.1, 0.15) is 0 Å². The monoisotopic (exact) mass is 572 g/mol. The van der Waals surface area contributed by atoms with Crippen molar-refractivity contribution < 1.29 is 0 Å². The third kappa shape index (κ3) is 3.76. The Morgan fingerprint density at radius 1 is 0.477 bits per heavy atom. The first-order valence-corrected chi connectivity index (χ1v) is 16.6. The van der Waals surface area contributed by atoms with Crippen molar-refractivity contribution in [2.24, 2.45) is 41.4 Å². The number of aromatic nitrogens is 4. The molecule has 2 aromatic heterocycles. The van der Waals surface area contributed by atoms with E-state index in [1.165, 1.54) is 49.7 Å². The van der Waals surface area contributed by atoms with Crippen LogP contribution in [-0.2, 0) is 5.41 Å². The fourth-order valence-corrected chi connectivity index (χ4v) is 11.0. The molecule has 0 amide bonds. The van der Waals surface area contributed by atoms with Crippen LogP contribution in [0.5, 0.6) is 0 Å². The summed E-state index contributed by atoms with van der Waals surface area (Å²) in [5, 5.41) is 0. The molecule has 216 valence electrons. The van der Waals surface area contributed by atoms with E-state index in [2.05, 4.69) is 77.8 Å². The highest BCUT2D eigenvalue weighted by molar-refractivity contribution is 5.74. The number of hydrogen-bond acceptors (Lipinski definition) is 4. The van der Waals surface area contributed by atoms with E-state index in [1.807, 2.05) is 30.6 Å². The molecule has 44 heavy (non-hydrogen) atoms. The quantitative estimate of drug-likeness (QED) is 0.211. The molecule has 3 aromatic carbocycles. The number of rotatable bonds is 5. The summed E-state index contributed by atoms with van der Waals surface area (Å²) < 4.78 is 0. The lowest BCUT2D eigenvalue weighted by molar-refractivity contribution is -0.212. The van der Waals surface area contributed by atoms with Gasteiger partial charge in [-0.25, -0.2) is 15.0 Å². The maximum Gasteiger partial charge on any atom is 0.164 e. The molecule has 0 aliphatic heterocycles. The van der Waals surface area contributed by atoms with Gasteiger partial charge in [0, 0.05) is 34.6 Å². The van der Waals surface area contributed by atoms with Crippen LogP contribution in [0, 0.1) is 41.4 Å². The van der Waals surface area contributed by atoms with E-state index < -0.39 is 0 Å².